The Morgan fingerprint density at radius 3 is 2.65 bits per heavy atom. The molecule has 0 spiro atoms. The molecule has 0 aromatic carbocycles. The second kappa shape index (κ2) is 6.10. The van der Waals surface area contributed by atoms with Crippen molar-refractivity contribution in [1.82, 2.24) is 9.88 Å². The first-order valence-electron chi connectivity index (χ1n) is 6.04. The fourth-order valence-electron chi connectivity index (χ4n) is 2.01. The van der Waals surface area contributed by atoms with E-state index < -0.39 is 5.60 Å². The Hall–Kier alpha value is -0.970. The van der Waals surface area contributed by atoms with Crippen LogP contribution in [0.5, 0.6) is 0 Å². The van der Waals surface area contributed by atoms with Crippen LogP contribution in [-0.2, 0) is 0 Å². The Bertz CT molecular complexity index is 321. The fraction of sp³-hybridized carbons (Fsp3) is 0.615. The summed E-state index contributed by atoms with van der Waals surface area (Å²) in [7, 11) is 0. The lowest BCUT2D eigenvalue weighted by Gasteiger charge is -2.34. The zero-order valence-corrected chi connectivity index (χ0v) is 10.9. The molecule has 4 nitrogen and oxygen atoms in total. The van der Waals surface area contributed by atoms with E-state index in [1.807, 2.05) is 32.2 Å². The molecule has 0 saturated heterocycles. The minimum Gasteiger partial charge on any atom is -0.389 e. The number of aliphatic hydroxyl groups is 1. The molecule has 96 valence electrons. The highest BCUT2D eigenvalue weighted by Gasteiger charge is 2.24. The normalized spacial score (nSPS) is 14.0. The summed E-state index contributed by atoms with van der Waals surface area (Å²) in [5, 5.41) is 9.91. The zero-order chi connectivity index (χ0) is 12.9. The molecule has 0 fully saturated rings. The first kappa shape index (κ1) is 14.1. The number of rotatable bonds is 6. The van der Waals surface area contributed by atoms with E-state index in [0.717, 1.165) is 12.1 Å². The highest BCUT2D eigenvalue weighted by Crippen LogP contribution is 2.20. The minimum atomic E-state index is -0.717. The van der Waals surface area contributed by atoms with Crippen molar-refractivity contribution in [1.29, 1.82) is 0 Å². The molecule has 0 amide bonds. The standard InChI is InChI=1S/C13H23N3O/c1-4-16(10-13(2,3)17)12(8-14)11-6-5-7-15-9-11/h5-7,9,12,17H,4,8,10,14H2,1-3H3. The molecule has 0 aliphatic heterocycles. The SMILES string of the molecule is CCN(CC(C)(C)O)C(CN)c1cccnc1. The maximum Gasteiger partial charge on any atom is 0.0718 e. The van der Waals surface area contributed by atoms with Crippen molar-refractivity contribution < 1.29 is 5.11 Å². The number of nitrogens with zero attached hydrogens (tertiary/aromatic N) is 2. The average Bonchev–Trinajstić information content (AvgIpc) is 2.28. The van der Waals surface area contributed by atoms with Gasteiger partial charge in [0.05, 0.1) is 5.60 Å². The van der Waals surface area contributed by atoms with E-state index in [1.165, 1.54) is 0 Å². The summed E-state index contributed by atoms with van der Waals surface area (Å²) in [5.41, 5.74) is 6.23. The minimum absolute atomic E-state index is 0.111. The van der Waals surface area contributed by atoms with Crippen LogP contribution >= 0.6 is 0 Å². The van der Waals surface area contributed by atoms with Crippen LogP contribution in [0.25, 0.3) is 0 Å². The number of hydrogen-bond acceptors (Lipinski definition) is 4. The molecule has 17 heavy (non-hydrogen) atoms. The summed E-state index contributed by atoms with van der Waals surface area (Å²) in [4.78, 5) is 6.30. The van der Waals surface area contributed by atoms with Crippen LogP contribution in [-0.4, -0.2) is 40.2 Å². The first-order chi connectivity index (χ1) is 7.98. The van der Waals surface area contributed by atoms with Crippen molar-refractivity contribution in [2.45, 2.75) is 32.4 Å². The third-order valence-electron chi connectivity index (χ3n) is 2.73. The smallest absolute Gasteiger partial charge is 0.0718 e. The molecule has 0 bridgehead atoms. The van der Waals surface area contributed by atoms with E-state index in [-0.39, 0.29) is 6.04 Å². The van der Waals surface area contributed by atoms with Crippen molar-refractivity contribution in [2.75, 3.05) is 19.6 Å². The van der Waals surface area contributed by atoms with Gasteiger partial charge in [0.25, 0.3) is 0 Å². The van der Waals surface area contributed by atoms with Crippen LogP contribution in [0.3, 0.4) is 0 Å². The lowest BCUT2D eigenvalue weighted by molar-refractivity contribution is 0.0234. The summed E-state index contributed by atoms with van der Waals surface area (Å²) >= 11 is 0. The molecule has 3 N–H and O–H groups in total. The Morgan fingerprint density at radius 1 is 1.53 bits per heavy atom. The summed E-state index contributed by atoms with van der Waals surface area (Å²) in [5.74, 6) is 0. The van der Waals surface area contributed by atoms with Crippen molar-refractivity contribution in [2.24, 2.45) is 5.73 Å². The predicted octanol–water partition coefficient (Wildman–Crippen LogP) is 1.17. The van der Waals surface area contributed by atoms with Crippen molar-refractivity contribution in [3.05, 3.63) is 30.1 Å². The van der Waals surface area contributed by atoms with Crippen LogP contribution in [0.15, 0.2) is 24.5 Å². The molecule has 0 saturated carbocycles. The van der Waals surface area contributed by atoms with Gasteiger partial charge in [-0.05, 0) is 32.0 Å². The molecule has 1 atom stereocenters. The summed E-state index contributed by atoms with van der Waals surface area (Å²) in [6.45, 7) is 7.67. The van der Waals surface area contributed by atoms with E-state index >= 15 is 0 Å². The molecule has 1 unspecified atom stereocenters. The Balaban J connectivity index is 2.84. The summed E-state index contributed by atoms with van der Waals surface area (Å²) in [6.07, 6.45) is 3.59. The van der Waals surface area contributed by atoms with E-state index in [9.17, 15) is 5.11 Å². The number of hydrogen-bond donors (Lipinski definition) is 2. The van der Waals surface area contributed by atoms with Crippen LogP contribution in [0.1, 0.15) is 32.4 Å². The highest BCUT2D eigenvalue weighted by atomic mass is 16.3. The topological polar surface area (TPSA) is 62.4 Å². The molecule has 0 aliphatic rings. The van der Waals surface area contributed by atoms with Crippen LogP contribution in [0.4, 0.5) is 0 Å². The quantitative estimate of drug-likeness (QED) is 0.780. The largest absolute Gasteiger partial charge is 0.389 e. The van der Waals surface area contributed by atoms with Gasteiger partial charge >= 0.3 is 0 Å². The number of likely N-dealkylation sites (N-methyl/N-ethyl adjacent to an activating group) is 1. The lowest BCUT2D eigenvalue weighted by atomic mass is 10.0. The van der Waals surface area contributed by atoms with Gasteiger partial charge in [-0.2, -0.15) is 0 Å². The number of nitrogens with two attached hydrogens (primary N) is 1. The number of aromatic nitrogens is 1. The lowest BCUT2D eigenvalue weighted by Crippen LogP contribution is -2.43. The van der Waals surface area contributed by atoms with Gasteiger partial charge in [0.2, 0.25) is 0 Å². The monoisotopic (exact) mass is 237 g/mol. The summed E-state index contributed by atoms with van der Waals surface area (Å²) in [6, 6.07) is 4.05. The molecular formula is C13H23N3O. The third kappa shape index (κ3) is 4.42. The average molecular weight is 237 g/mol. The molecule has 4 heteroatoms. The third-order valence-corrected chi connectivity index (χ3v) is 2.73. The molecule has 1 aromatic heterocycles. The molecule has 1 rings (SSSR count). The Morgan fingerprint density at radius 2 is 2.24 bits per heavy atom. The second-order valence-corrected chi connectivity index (χ2v) is 4.91. The maximum absolute atomic E-state index is 9.91. The Labute approximate surface area is 103 Å². The Kier molecular flexibility index (Phi) is 5.05. The highest BCUT2D eigenvalue weighted by molar-refractivity contribution is 5.14. The van der Waals surface area contributed by atoms with E-state index in [4.69, 9.17) is 5.73 Å². The van der Waals surface area contributed by atoms with Gasteiger partial charge in [-0.15, -0.1) is 0 Å². The van der Waals surface area contributed by atoms with Gasteiger partial charge in [0.1, 0.15) is 0 Å². The maximum atomic E-state index is 9.91. The van der Waals surface area contributed by atoms with Crippen LogP contribution in [0, 0.1) is 0 Å². The van der Waals surface area contributed by atoms with Crippen molar-refractivity contribution >= 4 is 0 Å². The molecule has 0 aliphatic carbocycles. The van der Waals surface area contributed by atoms with Crippen LogP contribution < -0.4 is 5.73 Å². The van der Waals surface area contributed by atoms with Gasteiger partial charge < -0.3 is 10.8 Å². The van der Waals surface area contributed by atoms with Gasteiger partial charge in [-0.3, -0.25) is 9.88 Å². The second-order valence-electron chi connectivity index (χ2n) is 4.91. The fourth-order valence-corrected chi connectivity index (χ4v) is 2.01. The zero-order valence-electron chi connectivity index (χ0n) is 10.9. The van der Waals surface area contributed by atoms with Crippen molar-refractivity contribution in [3.8, 4) is 0 Å². The van der Waals surface area contributed by atoms with Crippen LogP contribution in [0.2, 0.25) is 0 Å². The van der Waals surface area contributed by atoms with Gasteiger partial charge in [-0.25, -0.2) is 0 Å². The van der Waals surface area contributed by atoms with E-state index in [2.05, 4.69) is 16.8 Å². The van der Waals surface area contributed by atoms with Crippen molar-refractivity contribution in [3.63, 3.8) is 0 Å². The van der Waals surface area contributed by atoms with E-state index in [1.54, 1.807) is 6.20 Å². The first-order valence-corrected chi connectivity index (χ1v) is 6.04. The van der Waals surface area contributed by atoms with Gasteiger partial charge in [-0.1, -0.05) is 13.0 Å². The predicted molar refractivity (Wildman–Crippen MR) is 69.6 cm³/mol. The summed E-state index contributed by atoms with van der Waals surface area (Å²) < 4.78 is 0. The molecule has 1 aromatic rings. The molecular weight excluding hydrogens is 214 g/mol. The van der Waals surface area contributed by atoms with Gasteiger partial charge in [0.15, 0.2) is 0 Å². The van der Waals surface area contributed by atoms with E-state index in [0.29, 0.717) is 13.1 Å². The molecule has 0 radical (unpaired) electrons. The number of pyridine rings is 1. The van der Waals surface area contributed by atoms with Gasteiger partial charge in [0, 0.05) is 31.5 Å². The molecule has 1 heterocycles.